The first-order valence-corrected chi connectivity index (χ1v) is 12.4. The fraction of sp³-hybridized carbons (Fsp3) is 0.333. The van der Waals surface area contributed by atoms with E-state index in [0.717, 1.165) is 18.4 Å². The van der Waals surface area contributed by atoms with Crippen molar-refractivity contribution in [3.05, 3.63) is 88.5 Å². The van der Waals surface area contributed by atoms with Gasteiger partial charge >= 0.3 is 0 Å². The Morgan fingerprint density at radius 2 is 1.42 bits per heavy atom. The summed E-state index contributed by atoms with van der Waals surface area (Å²) in [6.07, 6.45) is 6.01. The molecule has 0 spiro atoms. The first kappa shape index (κ1) is 25.5. The standard InChI is InChI=1S/C30H34N2O4/c1-32(24-11-5-4-6-12-24)19-23-15-22(29(33)20-9-7-13-25(16-20)35-2)18-27(28(23)31)30(34)21-10-8-14-26(17-21)36-3/h7-10,13-18,24H,4-6,11-12,19,31H2,1-3H3. The molecule has 6 nitrogen and oxygen atoms in total. The van der Waals surface area contributed by atoms with Gasteiger partial charge in [-0.05, 0) is 61.9 Å². The fourth-order valence-electron chi connectivity index (χ4n) is 4.93. The maximum atomic E-state index is 13.6. The third-order valence-corrected chi connectivity index (χ3v) is 7.05. The third-order valence-electron chi connectivity index (χ3n) is 7.05. The number of anilines is 1. The average molecular weight is 487 g/mol. The van der Waals surface area contributed by atoms with Crippen LogP contribution in [0.15, 0.2) is 60.7 Å². The van der Waals surface area contributed by atoms with Crippen molar-refractivity contribution in [1.29, 1.82) is 0 Å². The molecule has 3 aromatic rings. The molecule has 188 valence electrons. The molecule has 0 atom stereocenters. The Kier molecular flexibility index (Phi) is 8.06. The van der Waals surface area contributed by atoms with Gasteiger partial charge in [0.25, 0.3) is 0 Å². The number of nitrogens with two attached hydrogens (primary N) is 1. The van der Waals surface area contributed by atoms with E-state index in [1.807, 2.05) is 6.07 Å². The number of hydrogen-bond acceptors (Lipinski definition) is 6. The number of carbonyl (C=O) groups excluding carboxylic acids is 2. The van der Waals surface area contributed by atoms with Gasteiger partial charge in [-0.1, -0.05) is 43.5 Å². The normalized spacial score (nSPS) is 14.0. The summed E-state index contributed by atoms with van der Waals surface area (Å²) in [5, 5.41) is 0. The zero-order chi connectivity index (χ0) is 25.7. The molecule has 1 aliphatic rings. The Morgan fingerprint density at radius 3 is 2.00 bits per heavy atom. The Hall–Kier alpha value is -3.64. The number of carbonyl (C=O) groups is 2. The summed E-state index contributed by atoms with van der Waals surface area (Å²) in [6, 6.07) is 17.9. The second-order valence-electron chi connectivity index (χ2n) is 9.43. The van der Waals surface area contributed by atoms with E-state index in [1.165, 1.54) is 19.3 Å². The number of ether oxygens (including phenoxy) is 2. The smallest absolute Gasteiger partial charge is 0.195 e. The van der Waals surface area contributed by atoms with Crippen LogP contribution >= 0.6 is 0 Å². The van der Waals surface area contributed by atoms with E-state index >= 15 is 0 Å². The average Bonchev–Trinajstić information content (AvgIpc) is 2.93. The molecule has 0 bridgehead atoms. The van der Waals surface area contributed by atoms with Crippen LogP contribution in [0.4, 0.5) is 5.69 Å². The van der Waals surface area contributed by atoms with Gasteiger partial charge in [-0.2, -0.15) is 0 Å². The summed E-state index contributed by atoms with van der Waals surface area (Å²) >= 11 is 0. The second-order valence-corrected chi connectivity index (χ2v) is 9.43. The Balaban J connectivity index is 1.76. The van der Waals surface area contributed by atoms with Crippen molar-refractivity contribution in [3.8, 4) is 11.5 Å². The molecule has 3 aromatic carbocycles. The van der Waals surface area contributed by atoms with Crippen LogP contribution in [0.5, 0.6) is 11.5 Å². The lowest BCUT2D eigenvalue weighted by Gasteiger charge is -2.31. The summed E-state index contributed by atoms with van der Waals surface area (Å²) in [5.74, 6) is 0.755. The lowest BCUT2D eigenvalue weighted by atomic mass is 9.91. The van der Waals surface area contributed by atoms with Gasteiger partial charge in [0.05, 0.1) is 14.2 Å². The SMILES string of the molecule is COc1cccc(C(=O)c2cc(CN(C)C3CCCCC3)c(N)c(C(=O)c3cccc(OC)c3)c2)c1. The van der Waals surface area contributed by atoms with Gasteiger partial charge in [0.15, 0.2) is 11.6 Å². The topological polar surface area (TPSA) is 81.9 Å². The molecule has 1 aliphatic carbocycles. The molecule has 36 heavy (non-hydrogen) atoms. The first-order valence-electron chi connectivity index (χ1n) is 12.4. The zero-order valence-corrected chi connectivity index (χ0v) is 21.3. The monoisotopic (exact) mass is 486 g/mol. The summed E-state index contributed by atoms with van der Waals surface area (Å²) in [6.45, 7) is 0.564. The molecule has 0 unspecified atom stereocenters. The van der Waals surface area contributed by atoms with Crippen molar-refractivity contribution in [1.82, 2.24) is 4.90 Å². The van der Waals surface area contributed by atoms with Crippen LogP contribution in [0.2, 0.25) is 0 Å². The van der Waals surface area contributed by atoms with E-state index in [4.69, 9.17) is 15.2 Å². The number of hydrogen-bond donors (Lipinski definition) is 1. The van der Waals surface area contributed by atoms with Crippen LogP contribution < -0.4 is 15.2 Å². The molecule has 0 aliphatic heterocycles. The van der Waals surface area contributed by atoms with Gasteiger partial charge in [-0.25, -0.2) is 0 Å². The van der Waals surface area contributed by atoms with Gasteiger partial charge in [0.2, 0.25) is 0 Å². The van der Waals surface area contributed by atoms with Crippen molar-refractivity contribution >= 4 is 17.3 Å². The van der Waals surface area contributed by atoms with Gasteiger partial charge in [0, 0.05) is 40.5 Å². The fourth-order valence-corrected chi connectivity index (χ4v) is 4.93. The molecule has 0 saturated heterocycles. The maximum Gasteiger partial charge on any atom is 0.195 e. The van der Waals surface area contributed by atoms with Crippen LogP contribution in [-0.2, 0) is 6.54 Å². The minimum atomic E-state index is -0.242. The third kappa shape index (κ3) is 5.60. The predicted molar refractivity (Wildman–Crippen MR) is 142 cm³/mol. The van der Waals surface area contributed by atoms with Crippen molar-refractivity contribution < 1.29 is 19.1 Å². The molecular weight excluding hydrogens is 452 g/mol. The van der Waals surface area contributed by atoms with Crippen molar-refractivity contribution in [2.45, 2.75) is 44.7 Å². The van der Waals surface area contributed by atoms with Gasteiger partial charge < -0.3 is 15.2 Å². The Labute approximate surface area is 213 Å². The van der Waals surface area contributed by atoms with Crippen LogP contribution in [0.1, 0.15) is 69.5 Å². The molecular formula is C30H34N2O4. The minimum absolute atomic E-state index is 0.185. The van der Waals surface area contributed by atoms with Gasteiger partial charge in [-0.3, -0.25) is 14.5 Å². The largest absolute Gasteiger partial charge is 0.497 e. The highest BCUT2D eigenvalue weighted by Crippen LogP contribution is 2.29. The minimum Gasteiger partial charge on any atom is -0.497 e. The van der Waals surface area contributed by atoms with Gasteiger partial charge in [-0.15, -0.1) is 0 Å². The highest BCUT2D eigenvalue weighted by molar-refractivity contribution is 6.16. The number of benzene rings is 3. The van der Waals surface area contributed by atoms with Crippen molar-refractivity contribution in [3.63, 3.8) is 0 Å². The lowest BCUT2D eigenvalue weighted by Crippen LogP contribution is -2.33. The Morgan fingerprint density at radius 1 is 0.833 bits per heavy atom. The molecule has 1 fully saturated rings. The quantitative estimate of drug-likeness (QED) is 0.317. The van der Waals surface area contributed by atoms with Crippen molar-refractivity contribution in [2.75, 3.05) is 27.0 Å². The summed E-state index contributed by atoms with van der Waals surface area (Å²) in [7, 11) is 5.22. The summed E-state index contributed by atoms with van der Waals surface area (Å²) < 4.78 is 10.6. The van der Waals surface area contributed by atoms with E-state index < -0.39 is 0 Å². The lowest BCUT2D eigenvalue weighted by molar-refractivity contribution is 0.103. The molecule has 1 saturated carbocycles. The van der Waals surface area contributed by atoms with E-state index in [0.29, 0.717) is 52.0 Å². The van der Waals surface area contributed by atoms with Crippen LogP contribution in [0, 0.1) is 0 Å². The first-order chi connectivity index (χ1) is 17.4. The van der Waals surface area contributed by atoms with E-state index in [-0.39, 0.29) is 11.6 Å². The number of nitrogens with zero attached hydrogens (tertiary/aromatic N) is 1. The highest BCUT2D eigenvalue weighted by atomic mass is 16.5. The summed E-state index contributed by atoms with van der Waals surface area (Å²) in [4.78, 5) is 29.4. The van der Waals surface area contributed by atoms with Crippen LogP contribution in [-0.4, -0.2) is 43.8 Å². The molecule has 0 heterocycles. The molecule has 4 rings (SSSR count). The van der Waals surface area contributed by atoms with E-state index in [9.17, 15) is 9.59 Å². The predicted octanol–water partition coefficient (Wildman–Crippen LogP) is 5.51. The summed E-state index contributed by atoms with van der Waals surface area (Å²) in [5.41, 5.74) is 9.50. The van der Waals surface area contributed by atoms with Crippen molar-refractivity contribution in [2.24, 2.45) is 0 Å². The zero-order valence-electron chi connectivity index (χ0n) is 21.3. The van der Waals surface area contributed by atoms with E-state index in [1.54, 1.807) is 68.8 Å². The maximum absolute atomic E-state index is 13.6. The Bertz CT molecular complexity index is 1250. The van der Waals surface area contributed by atoms with Gasteiger partial charge in [0.1, 0.15) is 11.5 Å². The second kappa shape index (κ2) is 11.4. The molecule has 6 heteroatoms. The molecule has 0 aromatic heterocycles. The highest BCUT2D eigenvalue weighted by Gasteiger charge is 2.23. The van der Waals surface area contributed by atoms with Crippen LogP contribution in [0.25, 0.3) is 0 Å². The molecule has 0 radical (unpaired) electrons. The van der Waals surface area contributed by atoms with Crippen LogP contribution in [0.3, 0.4) is 0 Å². The van der Waals surface area contributed by atoms with E-state index in [2.05, 4.69) is 11.9 Å². The number of rotatable bonds is 9. The molecule has 0 amide bonds. The number of ketones is 2. The number of methoxy groups -OCH3 is 2. The molecule has 2 N–H and O–H groups in total. The number of nitrogen functional groups attached to an aromatic ring is 1.